The third-order valence-electron chi connectivity index (χ3n) is 4.53. The molecule has 1 aromatic rings. The van der Waals surface area contributed by atoms with Crippen LogP contribution < -0.4 is 5.32 Å². The molecule has 8 heteroatoms. The zero-order valence-corrected chi connectivity index (χ0v) is 13.4. The SMILES string of the molecule is CO[C@@]1(C(=O)c2ccccc2)NC(=O)[C@]2(OC(C=O)=C(C)C2=O)[C@H]1O. The molecule has 8 nitrogen and oxygen atoms in total. The molecular weight excluding hydrogens is 330 g/mol. The van der Waals surface area contributed by atoms with E-state index in [4.69, 9.17) is 9.47 Å². The predicted molar refractivity (Wildman–Crippen MR) is 82.2 cm³/mol. The van der Waals surface area contributed by atoms with Crippen molar-refractivity contribution in [3.8, 4) is 0 Å². The normalized spacial score (nSPS) is 31.2. The van der Waals surface area contributed by atoms with Gasteiger partial charge in [-0.25, -0.2) is 0 Å². The largest absolute Gasteiger partial charge is 0.462 e. The first kappa shape index (κ1) is 17.0. The summed E-state index contributed by atoms with van der Waals surface area (Å²) in [5, 5.41) is 13.0. The monoisotopic (exact) mass is 345 g/mol. The molecule has 1 fully saturated rings. The van der Waals surface area contributed by atoms with E-state index < -0.39 is 34.9 Å². The fourth-order valence-corrected chi connectivity index (χ4v) is 3.11. The van der Waals surface area contributed by atoms with Crippen LogP contribution >= 0.6 is 0 Å². The quantitative estimate of drug-likeness (QED) is 0.429. The highest BCUT2D eigenvalue weighted by molar-refractivity contribution is 6.24. The molecular formula is C17H15NO7. The van der Waals surface area contributed by atoms with Crippen LogP contribution in [0.15, 0.2) is 41.7 Å². The van der Waals surface area contributed by atoms with Crippen LogP contribution in [0.5, 0.6) is 0 Å². The van der Waals surface area contributed by atoms with Gasteiger partial charge in [0.2, 0.25) is 17.3 Å². The Morgan fingerprint density at radius 3 is 2.48 bits per heavy atom. The van der Waals surface area contributed by atoms with Crippen molar-refractivity contribution < 1.29 is 33.8 Å². The number of aliphatic hydroxyl groups excluding tert-OH is 1. The van der Waals surface area contributed by atoms with Gasteiger partial charge < -0.3 is 19.9 Å². The average Bonchev–Trinajstić information content (AvgIpc) is 3.03. The highest BCUT2D eigenvalue weighted by Gasteiger charge is 2.73. The summed E-state index contributed by atoms with van der Waals surface area (Å²) in [5.41, 5.74) is -4.59. The van der Waals surface area contributed by atoms with E-state index in [1.807, 2.05) is 0 Å². The maximum Gasteiger partial charge on any atom is 0.279 e. The number of carbonyl (C=O) groups excluding carboxylic acids is 4. The molecule has 3 rings (SSSR count). The second kappa shape index (κ2) is 5.61. The van der Waals surface area contributed by atoms with Crippen molar-refractivity contribution in [2.45, 2.75) is 24.4 Å². The lowest BCUT2D eigenvalue weighted by molar-refractivity contribution is -0.160. The average molecular weight is 345 g/mol. The van der Waals surface area contributed by atoms with Gasteiger partial charge in [0.15, 0.2) is 18.1 Å². The van der Waals surface area contributed by atoms with E-state index in [0.29, 0.717) is 0 Å². The van der Waals surface area contributed by atoms with Crippen molar-refractivity contribution >= 4 is 23.8 Å². The van der Waals surface area contributed by atoms with Crippen LogP contribution in [0.2, 0.25) is 0 Å². The van der Waals surface area contributed by atoms with Crippen molar-refractivity contribution in [2.24, 2.45) is 0 Å². The summed E-state index contributed by atoms with van der Waals surface area (Å²) in [6, 6.07) is 7.84. The van der Waals surface area contributed by atoms with Crippen LogP contribution in [0.1, 0.15) is 17.3 Å². The topological polar surface area (TPSA) is 119 Å². The Labute approximate surface area is 142 Å². The Kier molecular flexibility index (Phi) is 3.81. The molecule has 25 heavy (non-hydrogen) atoms. The van der Waals surface area contributed by atoms with Gasteiger partial charge in [0.05, 0.1) is 0 Å². The van der Waals surface area contributed by atoms with Gasteiger partial charge in [0, 0.05) is 18.2 Å². The molecule has 0 aromatic heterocycles. The minimum atomic E-state index is -2.43. The molecule has 0 saturated carbocycles. The van der Waals surface area contributed by atoms with Gasteiger partial charge in [-0.2, -0.15) is 0 Å². The maximum absolute atomic E-state index is 12.9. The number of allylic oxidation sites excluding steroid dienone is 1. The van der Waals surface area contributed by atoms with E-state index in [1.54, 1.807) is 18.2 Å². The lowest BCUT2D eigenvalue weighted by atomic mass is 9.85. The number of ether oxygens (including phenoxy) is 2. The Morgan fingerprint density at radius 2 is 1.96 bits per heavy atom. The molecule has 2 heterocycles. The molecule has 1 amide bonds. The molecule has 1 spiro atoms. The number of ketones is 2. The van der Waals surface area contributed by atoms with E-state index >= 15 is 0 Å². The highest BCUT2D eigenvalue weighted by atomic mass is 16.6. The zero-order valence-electron chi connectivity index (χ0n) is 13.4. The first-order valence-electron chi connectivity index (χ1n) is 7.40. The number of hydrogen-bond donors (Lipinski definition) is 2. The van der Waals surface area contributed by atoms with Crippen LogP contribution in [0.25, 0.3) is 0 Å². The van der Waals surface area contributed by atoms with E-state index in [0.717, 1.165) is 7.11 Å². The van der Waals surface area contributed by atoms with E-state index in [-0.39, 0.29) is 23.2 Å². The van der Waals surface area contributed by atoms with Crippen LogP contribution in [-0.2, 0) is 23.9 Å². The summed E-state index contributed by atoms with van der Waals surface area (Å²) in [6.45, 7) is 1.30. The number of Topliss-reactive ketones (excluding diaryl/α,β-unsaturated/α-hetero) is 2. The first-order chi connectivity index (χ1) is 11.8. The van der Waals surface area contributed by atoms with Crippen LogP contribution in [0.4, 0.5) is 0 Å². The molecule has 1 saturated heterocycles. The Morgan fingerprint density at radius 1 is 1.32 bits per heavy atom. The van der Waals surface area contributed by atoms with E-state index in [2.05, 4.69) is 5.32 Å². The Balaban J connectivity index is 2.09. The minimum absolute atomic E-state index is 0.108. The number of aliphatic hydroxyl groups is 1. The minimum Gasteiger partial charge on any atom is -0.462 e. The number of amides is 1. The van der Waals surface area contributed by atoms with Crippen LogP contribution in [-0.4, -0.2) is 53.4 Å². The number of carbonyl (C=O) groups is 4. The number of methoxy groups -OCH3 is 1. The lowest BCUT2D eigenvalue weighted by Crippen LogP contribution is -2.60. The smallest absolute Gasteiger partial charge is 0.279 e. The predicted octanol–water partition coefficient (Wildman–Crippen LogP) is -0.486. The van der Waals surface area contributed by atoms with Crippen molar-refractivity contribution in [3.63, 3.8) is 0 Å². The van der Waals surface area contributed by atoms with Crippen molar-refractivity contribution in [1.82, 2.24) is 5.32 Å². The Hall–Kier alpha value is -2.84. The molecule has 0 radical (unpaired) electrons. The molecule has 130 valence electrons. The van der Waals surface area contributed by atoms with Gasteiger partial charge in [-0.1, -0.05) is 30.3 Å². The lowest BCUT2D eigenvalue weighted by Gasteiger charge is -2.32. The molecule has 2 aliphatic rings. The fraction of sp³-hybridized carbons (Fsp3) is 0.294. The van der Waals surface area contributed by atoms with Gasteiger partial charge in [0.1, 0.15) is 0 Å². The summed E-state index contributed by atoms with van der Waals surface area (Å²) < 4.78 is 10.4. The molecule has 3 atom stereocenters. The number of nitrogens with one attached hydrogen (secondary N) is 1. The molecule has 0 aliphatic carbocycles. The second-order valence-corrected chi connectivity index (χ2v) is 5.77. The van der Waals surface area contributed by atoms with Gasteiger partial charge in [-0.3, -0.25) is 19.2 Å². The number of hydrogen-bond acceptors (Lipinski definition) is 7. The first-order valence-corrected chi connectivity index (χ1v) is 7.40. The van der Waals surface area contributed by atoms with E-state index in [9.17, 15) is 24.3 Å². The third kappa shape index (κ3) is 2.01. The molecule has 1 aromatic carbocycles. The van der Waals surface area contributed by atoms with Crippen LogP contribution in [0, 0.1) is 0 Å². The fourth-order valence-electron chi connectivity index (χ4n) is 3.11. The van der Waals surface area contributed by atoms with Crippen molar-refractivity contribution in [2.75, 3.05) is 7.11 Å². The number of benzene rings is 1. The van der Waals surface area contributed by atoms with Crippen molar-refractivity contribution in [3.05, 3.63) is 47.2 Å². The van der Waals surface area contributed by atoms with Gasteiger partial charge in [-0.15, -0.1) is 0 Å². The summed E-state index contributed by atoms with van der Waals surface area (Å²) in [7, 11) is 1.11. The molecule has 0 unspecified atom stereocenters. The summed E-state index contributed by atoms with van der Waals surface area (Å²) in [6.07, 6.45) is -1.72. The van der Waals surface area contributed by atoms with Gasteiger partial charge in [0.25, 0.3) is 11.5 Å². The van der Waals surface area contributed by atoms with E-state index in [1.165, 1.54) is 19.1 Å². The molecule has 0 bridgehead atoms. The third-order valence-corrected chi connectivity index (χ3v) is 4.53. The van der Waals surface area contributed by atoms with Crippen LogP contribution in [0.3, 0.4) is 0 Å². The van der Waals surface area contributed by atoms with Crippen molar-refractivity contribution in [1.29, 1.82) is 0 Å². The maximum atomic E-state index is 12.9. The summed E-state index contributed by atoms with van der Waals surface area (Å²) in [4.78, 5) is 49.0. The molecule has 2 N–H and O–H groups in total. The van der Waals surface area contributed by atoms with Gasteiger partial charge >= 0.3 is 0 Å². The van der Waals surface area contributed by atoms with Gasteiger partial charge in [-0.05, 0) is 6.92 Å². The second-order valence-electron chi connectivity index (χ2n) is 5.77. The number of rotatable bonds is 4. The standard InChI is InChI=1S/C17H15NO7/c1-9-11(8-19)25-16(12(9)20)14(22)17(24-2,18-15(16)23)13(21)10-6-4-3-5-7-10/h3-8,14,22H,1-2H3,(H,18,23)/t14-,16-,17-/m1/s1. The molecule has 2 aliphatic heterocycles. The highest BCUT2D eigenvalue weighted by Crippen LogP contribution is 2.42. The Bertz CT molecular complexity index is 816. The number of aldehydes is 1. The summed E-state index contributed by atoms with van der Waals surface area (Å²) >= 11 is 0. The zero-order chi connectivity index (χ0) is 18.4. The summed E-state index contributed by atoms with van der Waals surface area (Å²) in [5.74, 6) is -3.05.